The van der Waals surface area contributed by atoms with Crippen molar-refractivity contribution in [3.8, 4) is 0 Å². The molecule has 0 radical (unpaired) electrons. The Balaban J connectivity index is 2.98. The average molecular weight is 308 g/mol. The van der Waals surface area contributed by atoms with E-state index in [-0.39, 0.29) is 13.1 Å². The molecule has 0 aromatic heterocycles. The van der Waals surface area contributed by atoms with Crippen LogP contribution in [0.1, 0.15) is 12.0 Å². The van der Waals surface area contributed by atoms with Crippen molar-refractivity contribution in [1.82, 2.24) is 10.0 Å². The third-order valence-electron chi connectivity index (χ3n) is 2.54. The van der Waals surface area contributed by atoms with Gasteiger partial charge in [-0.05, 0) is 31.2 Å². The van der Waals surface area contributed by atoms with Crippen LogP contribution in [-0.4, -0.2) is 35.7 Å². The highest BCUT2D eigenvalue weighted by Gasteiger charge is 2.22. The van der Waals surface area contributed by atoms with E-state index in [1.807, 2.05) is 0 Å². The lowest BCUT2D eigenvalue weighted by Crippen LogP contribution is -2.27. The normalized spacial score (nSPS) is 11.8. The molecule has 1 aromatic carbocycles. The van der Waals surface area contributed by atoms with Crippen LogP contribution in [0.3, 0.4) is 0 Å². The van der Waals surface area contributed by atoms with Gasteiger partial charge < -0.3 is 10.1 Å². The van der Waals surface area contributed by atoms with Gasteiger partial charge in [-0.2, -0.15) is 0 Å². The number of methoxy groups -OCH3 is 1. The molecule has 20 heavy (non-hydrogen) atoms. The van der Waals surface area contributed by atoms with Crippen molar-refractivity contribution in [2.75, 3.05) is 27.3 Å². The van der Waals surface area contributed by atoms with Gasteiger partial charge in [0.15, 0.2) is 11.6 Å². The van der Waals surface area contributed by atoms with Crippen LogP contribution in [-0.2, 0) is 21.3 Å². The summed E-state index contributed by atoms with van der Waals surface area (Å²) in [6.45, 7) is 0.704. The van der Waals surface area contributed by atoms with Crippen LogP contribution in [0, 0.1) is 11.6 Å². The third-order valence-corrected chi connectivity index (χ3v) is 4.00. The molecule has 114 valence electrons. The summed E-state index contributed by atoms with van der Waals surface area (Å²) in [6, 6.07) is 2.09. The van der Waals surface area contributed by atoms with Crippen LogP contribution < -0.4 is 10.0 Å². The Morgan fingerprint density at radius 3 is 2.60 bits per heavy atom. The van der Waals surface area contributed by atoms with Crippen molar-refractivity contribution in [3.63, 3.8) is 0 Å². The largest absolute Gasteiger partial charge is 0.385 e. The number of ether oxygens (including phenoxy) is 1. The van der Waals surface area contributed by atoms with Crippen molar-refractivity contribution < 1.29 is 21.9 Å². The van der Waals surface area contributed by atoms with Gasteiger partial charge in [0.2, 0.25) is 10.0 Å². The number of sulfonamides is 1. The lowest BCUT2D eigenvalue weighted by Gasteiger charge is -2.10. The van der Waals surface area contributed by atoms with E-state index in [1.165, 1.54) is 7.11 Å². The summed E-state index contributed by atoms with van der Waals surface area (Å²) >= 11 is 0. The Hall–Kier alpha value is -1.09. The SMILES string of the molecule is CNCc1cc(F)c(F)c(S(=O)(=O)NCCCOC)c1. The van der Waals surface area contributed by atoms with Crippen molar-refractivity contribution >= 4 is 10.0 Å². The standard InChI is InChI=1S/C12H18F2N2O3S/c1-15-8-9-6-10(13)12(14)11(7-9)20(17,18)16-4-3-5-19-2/h6-7,15-16H,3-5,8H2,1-2H3. The molecular weight excluding hydrogens is 290 g/mol. The highest BCUT2D eigenvalue weighted by atomic mass is 32.2. The Bertz CT molecular complexity index is 550. The second-order valence-electron chi connectivity index (χ2n) is 4.16. The van der Waals surface area contributed by atoms with Crippen LogP contribution in [0.4, 0.5) is 8.78 Å². The van der Waals surface area contributed by atoms with Crippen LogP contribution in [0.15, 0.2) is 17.0 Å². The molecule has 8 heteroatoms. The molecule has 0 aliphatic carbocycles. The minimum atomic E-state index is -4.08. The topological polar surface area (TPSA) is 67.4 Å². The third kappa shape index (κ3) is 4.48. The van der Waals surface area contributed by atoms with E-state index in [9.17, 15) is 17.2 Å². The van der Waals surface area contributed by atoms with Crippen LogP contribution in [0.2, 0.25) is 0 Å². The lowest BCUT2D eigenvalue weighted by molar-refractivity contribution is 0.196. The molecule has 0 atom stereocenters. The maximum Gasteiger partial charge on any atom is 0.243 e. The molecule has 2 N–H and O–H groups in total. The number of hydrogen-bond acceptors (Lipinski definition) is 4. The minimum absolute atomic E-state index is 0.0908. The van der Waals surface area contributed by atoms with E-state index in [0.717, 1.165) is 12.1 Å². The molecule has 1 aromatic rings. The summed E-state index contributed by atoms with van der Waals surface area (Å²) in [5, 5.41) is 2.75. The molecule has 0 aliphatic heterocycles. The van der Waals surface area contributed by atoms with Gasteiger partial charge in [0, 0.05) is 26.8 Å². The molecule has 1 rings (SSSR count). The fourth-order valence-electron chi connectivity index (χ4n) is 1.62. The van der Waals surface area contributed by atoms with Gasteiger partial charge in [-0.3, -0.25) is 0 Å². The Morgan fingerprint density at radius 1 is 1.30 bits per heavy atom. The predicted molar refractivity (Wildman–Crippen MR) is 70.8 cm³/mol. The van der Waals surface area contributed by atoms with E-state index in [4.69, 9.17) is 4.74 Å². The summed E-state index contributed by atoms with van der Waals surface area (Å²) in [7, 11) is -0.969. The molecule has 0 aliphatic rings. The molecule has 0 saturated carbocycles. The summed E-state index contributed by atoms with van der Waals surface area (Å²) in [5.41, 5.74) is 0.351. The zero-order chi connectivity index (χ0) is 15.2. The first-order chi connectivity index (χ1) is 9.42. The van der Waals surface area contributed by atoms with Gasteiger partial charge in [-0.25, -0.2) is 21.9 Å². The van der Waals surface area contributed by atoms with Crippen molar-refractivity contribution in [2.24, 2.45) is 0 Å². The molecule has 0 amide bonds. The number of nitrogens with one attached hydrogen (secondary N) is 2. The Morgan fingerprint density at radius 2 is 2.00 bits per heavy atom. The zero-order valence-electron chi connectivity index (χ0n) is 11.4. The maximum absolute atomic E-state index is 13.7. The van der Waals surface area contributed by atoms with E-state index in [0.29, 0.717) is 18.6 Å². The number of rotatable bonds is 8. The quantitative estimate of drug-likeness (QED) is 0.703. The first-order valence-corrected chi connectivity index (χ1v) is 7.51. The van der Waals surface area contributed by atoms with Crippen molar-refractivity contribution in [2.45, 2.75) is 17.9 Å². The Kier molecular flexibility index (Phi) is 6.47. The minimum Gasteiger partial charge on any atom is -0.385 e. The molecular formula is C12H18F2N2O3S. The molecule has 0 heterocycles. The smallest absolute Gasteiger partial charge is 0.243 e. The van der Waals surface area contributed by atoms with E-state index in [1.54, 1.807) is 7.05 Å². The molecule has 0 saturated heterocycles. The second kappa shape index (κ2) is 7.63. The summed E-state index contributed by atoms with van der Waals surface area (Å²) in [4.78, 5) is -0.680. The number of benzene rings is 1. The van der Waals surface area contributed by atoms with Gasteiger partial charge in [-0.15, -0.1) is 0 Å². The number of hydrogen-bond donors (Lipinski definition) is 2. The fourth-order valence-corrected chi connectivity index (χ4v) is 2.83. The van der Waals surface area contributed by atoms with Gasteiger partial charge in [0.1, 0.15) is 4.90 Å². The summed E-state index contributed by atoms with van der Waals surface area (Å²) in [5.74, 6) is -2.56. The van der Waals surface area contributed by atoms with Crippen molar-refractivity contribution in [1.29, 1.82) is 0 Å². The highest BCUT2D eigenvalue weighted by Crippen LogP contribution is 2.19. The van der Waals surface area contributed by atoms with E-state index >= 15 is 0 Å². The lowest BCUT2D eigenvalue weighted by atomic mass is 10.2. The first kappa shape index (κ1) is 17.0. The van der Waals surface area contributed by atoms with Crippen LogP contribution in [0.25, 0.3) is 0 Å². The van der Waals surface area contributed by atoms with E-state index < -0.39 is 26.6 Å². The molecule has 5 nitrogen and oxygen atoms in total. The van der Waals surface area contributed by atoms with Gasteiger partial charge in [-0.1, -0.05) is 0 Å². The summed E-state index contributed by atoms with van der Waals surface area (Å²) < 4.78 is 58.0. The monoisotopic (exact) mass is 308 g/mol. The van der Waals surface area contributed by atoms with Crippen LogP contribution in [0.5, 0.6) is 0 Å². The summed E-state index contributed by atoms with van der Waals surface area (Å²) in [6.07, 6.45) is 0.441. The highest BCUT2D eigenvalue weighted by molar-refractivity contribution is 7.89. The average Bonchev–Trinajstić information content (AvgIpc) is 2.39. The van der Waals surface area contributed by atoms with Gasteiger partial charge in [0.05, 0.1) is 0 Å². The first-order valence-electron chi connectivity index (χ1n) is 6.03. The molecule has 0 fully saturated rings. The van der Waals surface area contributed by atoms with Gasteiger partial charge >= 0.3 is 0 Å². The molecule has 0 unspecified atom stereocenters. The molecule has 0 bridgehead atoms. The Labute approximate surface area is 117 Å². The second-order valence-corrected chi connectivity index (χ2v) is 5.90. The van der Waals surface area contributed by atoms with Crippen LogP contribution >= 0.6 is 0 Å². The van der Waals surface area contributed by atoms with Gasteiger partial charge in [0.25, 0.3) is 0 Å². The van der Waals surface area contributed by atoms with Crippen molar-refractivity contribution in [3.05, 3.63) is 29.3 Å². The predicted octanol–water partition coefficient (Wildman–Crippen LogP) is 0.999. The zero-order valence-corrected chi connectivity index (χ0v) is 12.2. The maximum atomic E-state index is 13.7. The number of halogens is 2. The fraction of sp³-hybridized carbons (Fsp3) is 0.500. The van der Waals surface area contributed by atoms with E-state index in [2.05, 4.69) is 10.0 Å². The molecule has 0 spiro atoms.